The largest absolute Gasteiger partial charge is 0.495 e. The van der Waals surface area contributed by atoms with Crippen LogP contribution in [0.2, 0.25) is 0 Å². The zero-order chi connectivity index (χ0) is 21.0. The fraction of sp³-hybridized carbons (Fsp3) is 0.421. The molecule has 0 spiro atoms. The van der Waals surface area contributed by atoms with Gasteiger partial charge in [0.25, 0.3) is 11.5 Å². The van der Waals surface area contributed by atoms with E-state index in [2.05, 4.69) is 10.4 Å². The average Bonchev–Trinajstić information content (AvgIpc) is 3.00. The van der Waals surface area contributed by atoms with Crippen LogP contribution in [0.1, 0.15) is 36.2 Å². The number of aryl methyl sites for hydroxylation is 1. The Hall–Kier alpha value is -2.72. The van der Waals surface area contributed by atoms with E-state index >= 15 is 0 Å². The van der Waals surface area contributed by atoms with Crippen molar-refractivity contribution in [3.05, 3.63) is 46.4 Å². The molecule has 0 aliphatic carbocycles. The zero-order valence-electron chi connectivity index (χ0n) is 16.4. The molecule has 1 aliphatic rings. The summed E-state index contributed by atoms with van der Waals surface area (Å²) in [5, 5.41) is 6.53. The highest BCUT2D eigenvalue weighted by Crippen LogP contribution is 2.30. The molecule has 2 heterocycles. The molecule has 0 bridgehead atoms. The van der Waals surface area contributed by atoms with Crippen molar-refractivity contribution in [3.8, 4) is 5.75 Å². The van der Waals surface area contributed by atoms with E-state index in [1.807, 2.05) is 0 Å². The molecule has 0 unspecified atom stereocenters. The lowest BCUT2D eigenvalue weighted by molar-refractivity contribution is 0.101. The monoisotopic (exact) mass is 420 g/mol. The number of methoxy groups -OCH3 is 1. The van der Waals surface area contributed by atoms with Crippen LogP contribution in [0.15, 0.2) is 40.0 Å². The Balaban J connectivity index is 1.91. The van der Waals surface area contributed by atoms with Gasteiger partial charge in [0, 0.05) is 26.2 Å². The van der Waals surface area contributed by atoms with E-state index in [-0.39, 0.29) is 21.8 Å². The highest BCUT2D eigenvalue weighted by atomic mass is 32.2. The van der Waals surface area contributed by atoms with Gasteiger partial charge in [0.1, 0.15) is 11.4 Å². The van der Waals surface area contributed by atoms with Gasteiger partial charge in [-0.15, -0.1) is 0 Å². The number of aromatic nitrogens is 2. The van der Waals surface area contributed by atoms with Gasteiger partial charge in [-0.3, -0.25) is 9.59 Å². The fourth-order valence-electron chi connectivity index (χ4n) is 3.19. The third-order valence-corrected chi connectivity index (χ3v) is 6.71. The summed E-state index contributed by atoms with van der Waals surface area (Å²) in [6.45, 7) is 0.968. The molecule has 9 nitrogen and oxygen atoms in total. The van der Waals surface area contributed by atoms with Crippen molar-refractivity contribution in [2.45, 2.75) is 30.6 Å². The molecule has 1 aliphatic heterocycles. The molecular weight excluding hydrogens is 396 g/mol. The van der Waals surface area contributed by atoms with Crippen molar-refractivity contribution < 1.29 is 17.9 Å². The van der Waals surface area contributed by atoms with Crippen LogP contribution in [0.25, 0.3) is 0 Å². The second-order valence-electron chi connectivity index (χ2n) is 6.81. The van der Waals surface area contributed by atoms with Gasteiger partial charge in [0.05, 0.1) is 17.7 Å². The molecule has 29 heavy (non-hydrogen) atoms. The predicted octanol–water partition coefficient (Wildman–Crippen LogP) is 1.61. The van der Waals surface area contributed by atoms with E-state index in [1.165, 1.54) is 48.8 Å². The quantitative estimate of drug-likeness (QED) is 0.787. The van der Waals surface area contributed by atoms with Crippen molar-refractivity contribution in [1.29, 1.82) is 0 Å². The number of sulfonamides is 1. The van der Waals surface area contributed by atoms with E-state index in [1.54, 1.807) is 0 Å². The van der Waals surface area contributed by atoms with Gasteiger partial charge < -0.3 is 10.1 Å². The van der Waals surface area contributed by atoms with E-state index in [0.717, 1.165) is 30.4 Å². The summed E-state index contributed by atoms with van der Waals surface area (Å²) in [5.74, 6) is -0.263. The number of carbonyl (C=O) groups excluding carboxylic acids is 1. The van der Waals surface area contributed by atoms with Crippen LogP contribution >= 0.6 is 0 Å². The number of rotatable bonds is 5. The SMILES string of the molecule is COc1ccc(S(=O)(=O)N2CCCCCC2)cc1NC(=O)c1ccc(=O)n(C)n1. The molecule has 3 rings (SSSR count). The zero-order valence-corrected chi connectivity index (χ0v) is 17.2. The summed E-state index contributed by atoms with van der Waals surface area (Å²) in [6.07, 6.45) is 3.69. The Kier molecular flexibility index (Phi) is 6.33. The Labute approximate surface area is 169 Å². The Morgan fingerprint density at radius 2 is 1.79 bits per heavy atom. The summed E-state index contributed by atoms with van der Waals surface area (Å²) in [5.41, 5.74) is -0.108. The molecule has 10 heteroatoms. The van der Waals surface area contributed by atoms with Crippen molar-refractivity contribution in [2.75, 3.05) is 25.5 Å². The van der Waals surface area contributed by atoms with Gasteiger partial charge >= 0.3 is 0 Å². The number of hydrogen-bond donors (Lipinski definition) is 1. The van der Waals surface area contributed by atoms with Crippen LogP contribution < -0.4 is 15.6 Å². The smallest absolute Gasteiger partial charge is 0.276 e. The van der Waals surface area contributed by atoms with E-state index in [4.69, 9.17) is 4.74 Å². The summed E-state index contributed by atoms with van der Waals surface area (Å²) in [7, 11) is -0.813. The minimum absolute atomic E-state index is 0.0231. The highest BCUT2D eigenvalue weighted by Gasteiger charge is 2.26. The molecule has 1 aromatic heterocycles. The molecule has 2 aromatic rings. The second kappa shape index (κ2) is 8.75. The Morgan fingerprint density at radius 1 is 1.10 bits per heavy atom. The molecule has 1 saturated heterocycles. The first-order valence-electron chi connectivity index (χ1n) is 9.37. The maximum atomic E-state index is 13.1. The number of nitrogens with zero attached hydrogens (tertiary/aromatic N) is 3. The maximum absolute atomic E-state index is 13.1. The number of carbonyl (C=O) groups is 1. The van der Waals surface area contributed by atoms with E-state index < -0.39 is 15.9 Å². The van der Waals surface area contributed by atoms with Crippen LogP contribution in [0.3, 0.4) is 0 Å². The normalized spacial score (nSPS) is 15.5. The van der Waals surface area contributed by atoms with Gasteiger partial charge in [0.2, 0.25) is 10.0 Å². The molecule has 1 amide bonds. The molecular formula is C19H24N4O5S. The predicted molar refractivity (Wildman–Crippen MR) is 108 cm³/mol. The summed E-state index contributed by atoms with van der Waals surface area (Å²) in [6, 6.07) is 6.91. The number of hydrogen-bond acceptors (Lipinski definition) is 6. The van der Waals surface area contributed by atoms with Crippen molar-refractivity contribution in [3.63, 3.8) is 0 Å². The van der Waals surface area contributed by atoms with Crippen molar-refractivity contribution >= 4 is 21.6 Å². The number of amides is 1. The van der Waals surface area contributed by atoms with Crippen molar-refractivity contribution in [2.24, 2.45) is 7.05 Å². The summed E-state index contributed by atoms with van der Waals surface area (Å²) >= 11 is 0. The Morgan fingerprint density at radius 3 is 2.41 bits per heavy atom. The minimum atomic E-state index is -3.68. The lowest BCUT2D eigenvalue weighted by atomic mass is 10.2. The number of anilines is 1. The molecule has 1 N–H and O–H groups in total. The lowest BCUT2D eigenvalue weighted by Gasteiger charge is -2.21. The van der Waals surface area contributed by atoms with Gasteiger partial charge in [-0.05, 0) is 37.1 Å². The summed E-state index contributed by atoms with van der Waals surface area (Å²) in [4.78, 5) is 24.1. The van der Waals surface area contributed by atoms with Crippen LogP contribution in [0, 0.1) is 0 Å². The first kappa shape index (κ1) is 21.0. The van der Waals surface area contributed by atoms with Gasteiger partial charge in [0.15, 0.2) is 0 Å². The van der Waals surface area contributed by atoms with Crippen molar-refractivity contribution in [1.82, 2.24) is 14.1 Å². The minimum Gasteiger partial charge on any atom is -0.495 e. The third-order valence-electron chi connectivity index (χ3n) is 4.82. The maximum Gasteiger partial charge on any atom is 0.276 e. The first-order valence-corrected chi connectivity index (χ1v) is 10.8. The summed E-state index contributed by atoms with van der Waals surface area (Å²) < 4.78 is 33.9. The molecule has 156 valence electrons. The number of benzene rings is 1. The fourth-order valence-corrected chi connectivity index (χ4v) is 4.73. The average molecular weight is 420 g/mol. The Bertz CT molecular complexity index is 1060. The number of ether oxygens (including phenoxy) is 1. The molecule has 0 saturated carbocycles. The topological polar surface area (TPSA) is 111 Å². The van der Waals surface area contributed by atoms with E-state index in [0.29, 0.717) is 18.8 Å². The van der Waals surface area contributed by atoms with Crippen LogP contribution in [0.5, 0.6) is 5.75 Å². The van der Waals surface area contributed by atoms with Crippen LogP contribution in [-0.2, 0) is 17.1 Å². The standard InChI is InChI=1S/C19H24N4O5S/c1-22-18(24)10-8-15(21-22)19(25)20-16-13-14(7-9-17(16)28-2)29(26,27)23-11-5-3-4-6-12-23/h7-10,13H,3-6,11-12H2,1-2H3,(H,20,25). The molecule has 1 aromatic carbocycles. The molecule has 1 fully saturated rings. The molecule has 0 radical (unpaired) electrons. The van der Waals surface area contributed by atoms with Gasteiger partial charge in [-0.25, -0.2) is 13.1 Å². The third kappa shape index (κ3) is 4.65. The van der Waals surface area contributed by atoms with Crippen LogP contribution in [-0.4, -0.2) is 48.6 Å². The second-order valence-corrected chi connectivity index (χ2v) is 8.75. The van der Waals surface area contributed by atoms with Gasteiger partial charge in [-0.1, -0.05) is 12.8 Å². The van der Waals surface area contributed by atoms with Crippen LogP contribution in [0.4, 0.5) is 5.69 Å². The highest BCUT2D eigenvalue weighted by molar-refractivity contribution is 7.89. The van der Waals surface area contributed by atoms with Gasteiger partial charge in [-0.2, -0.15) is 9.40 Å². The number of nitrogens with one attached hydrogen (secondary N) is 1. The lowest BCUT2D eigenvalue weighted by Crippen LogP contribution is -2.32. The molecule has 0 atom stereocenters. The van der Waals surface area contributed by atoms with E-state index in [9.17, 15) is 18.0 Å². The first-order chi connectivity index (χ1) is 13.8.